The van der Waals surface area contributed by atoms with Crippen molar-refractivity contribution < 1.29 is 33.0 Å². The first-order valence-electron chi connectivity index (χ1n) is 4.28. The quantitative estimate of drug-likeness (QED) is 0.641. The summed E-state index contributed by atoms with van der Waals surface area (Å²) in [6, 6.07) is 0. The predicted octanol–water partition coefficient (Wildman–Crippen LogP) is 0.138. The molecule has 1 unspecified atom stereocenters. The van der Waals surface area contributed by atoms with Gasteiger partial charge in [-0.2, -0.15) is 13.2 Å². The zero-order valence-electron chi connectivity index (χ0n) is 8.47. The zero-order chi connectivity index (χ0) is 13.0. The molecule has 1 amide bonds. The van der Waals surface area contributed by atoms with E-state index in [1.165, 1.54) is 12.2 Å². The number of carboxylic acid groups (broad SMARTS) is 1. The Morgan fingerprint density at radius 1 is 1.31 bits per heavy atom. The van der Waals surface area contributed by atoms with Gasteiger partial charge in [-0.1, -0.05) is 6.92 Å². The number of alkyl halides is 3. The Balaban J connectivity index is 4.35. The molecule has 8 heteroatoms. The van der Waals surface area contributed by atoms with E-state index in [2.05, 4.69) is 0 Å². The maximum Gasteiger partial charge on any atom is 0.471 e. The fourth-order valence-corrected chi connectivity index (χ4v) is 0.933. The second-order valence-corrected chi connectivity index (χ2v) is 3.72. The van der Waals surface area contributed by atoms with Crippen LogP contribution in [0.5, 0.6) is 0 Å². The van der Waals surface area contributed by atoms with Crippen LogP contribution in [-0.4, -0.2) is 41.4 Å². The maximum atomic E-state index is 11.8. The molecule has 0 saturated carbocycles. The largest absolute Gasteiger partial charge is 0.481 e. The van der Waals surface area contributed by atoms with Crippen LogP contribution in [-0.2, 0) is 9.59 Å². The molecule has 0 aliphatic rings. The number of hydrogen-bond acceptors (Lipinski definition) is 3. The van der Waals surface area contributed by atoms with Crippen LogP contribution in [0.3, 0.4) is 0 Å². The Morgan fingerprint density at radius 3 is 2.12 bits per heavy atom. The molecule has 16 heavy (non-hydrogen) atoms. The molecule has 0 aromatic heterocycles. The van der Waals surface area contributed by atoms with Crippen LogP contribution in [0.1, 0.15) is 13.3 Å². The van der Waals surface area contributed by atoms with Crippen molar-refractivity contribution in [2.75, 3.05) is 13.2 Å². The summed E-state index contributed by atoms with van der Waals surface area (Å²) in [6.45, 7) is 0.0589. The number of aliphatic carboxylic acids is 1. The number of amides is 1. The highest BCUT2D eigenvalue weighted by molar-refractivity contribution is 5.81. The Kier molecular flexibility index (Phi) is 4.73. The molecular formula is C8H12F3NO4. The minimum Gasteiger partial charge on any atom is -0.481 e. The molecule has 0 aliphatic heterocycles. The molecule has 1 atom stereocenters. The normalized spacial score (nSPS) is 15.3. The van der Waals surface area contributed by atoms with Gasteiger partial charge in [-0.15, -0.1) is 0 Å². The van der Waals surface area contributed by atoms with Crippen molar-refractivity contribution in [3.63, 3.8) is 0 Å². The van der Waals surface area contributed by atoms with Crippen LogP contribution in [0, 0.1) is 5.41 Å². The molecule has 0 aromatic carbocycles. The molecule has 94 valence electrons. The van der Waals surface area contributed by atoms with Crippen LogP contribution < -0.4 is 5.32 Å². The van der Waals surface area contributed by atoms with Crippen molar-refractivity contribution in [1.29, 1.82) is 0 Å². The number of rotatable bonds is 5. The van der Waals surface area contributed by atoms with Crippen LogP contribution in [0.4, 0.5) is 13.2 Å². The summed E-state index contributed by atoms with van der Waals surface area (Å²) >= 11 is 0. The number of carboxylic acids is 1. The lowest BCUT2D eigenvalue weighted by atomic mass is 9.88. The molecule has 0 spiro atoms. The van der Waals surface area contributed by atoms with Crippen molar-refractivity contribution in [3.05, 3.63) is 0 Å². The summed E-state index contributed by atoms with van der Waals surface area (Å²) in [5, 5.41) is 18.8. The SMILES string of the molecule is CC(CO)(CNC(=O)C(F)(F)F)CC(=O)O. The van der Waals surface area contributed by atoms with Gasteiger partial charge in [0, 0.05) is 12.0 Å². The lowest BCUT2D eigenvalue weighted by molar-refractivity contribution is -0.174. The molecule has 0 saturated heterocycles. The lowest BCUT2D eigenvalue weighted by Crippen LogP contribution is -2.44. The van der Waals surface area contributed by atoms with E-state index in [-0.39, 0.29) is 0 Å². The van der Waals surface area contributed by atoms with E-state index in [0.29, 0.717) is 0 Å². The summed E-state index contributed by atoms with van der Waals surface area (Å²) in [5.74, 6) is -3.42. The molecule has 5 nitrogen and oxygen atoms in total. The topological polar surface area (TPSA) is 86.6 Å². The van der Waals surface area contributed by atoms with Crippen LogP contribution >= 0.6 is 0 Å². The van der Waals surface area contributed by atoms with Crippen molar-refractivity contribution >= 4 is 11.9 Å². The van der Waals surface area contributed by atoms with Gasteiger partial charge in [0.25, 0.3) is 0 Å². The van der Waals surface area contributed by atoms with Gasteiger partial charge in [0.1, 0.15) is 0 Å². The summed E-state index contributed by atoms with van der Waals surface area (Å²) in [7, 11) is 0. The first-order chi connectivity index (χ1) is 7.10. The molecule has 0 rings (SSSR count). The number of nitrogens with one attached hydrogen (secondary N) is 1. The summed E-state index contributed by atoms with van der Waals surface area (Å²) in [6.07, 6.45) is -5.55. The van der Waals surface area contributed by atoms with Crippen LogP contribution in [0.25, 0.3) is 0 Å². The van der Waals surface area contributed by atoms with Crippen LogP contribution in [0.15, 0.2) is 0 Å². The Labute approximate surface area is 89.3 Å². The van der Waals surface area contributed by atoms with Crippen molar-refractivity contribution in [3.8, 4) is 0 Å². The highest BCUT2D eigenvalue weighted by Gasteiger charge is 2.40. The number of hydrogen-bond donors (Lipinski definition) is 3. The standard InChI is InChI=1S/C8H12F3NO4/c1-7(4-13,2-5(14)15)3-12-6(16)8(9,10)11/h13H,2-4H2,1H3,(H,12,16)(H,14,15). The van der Waals surface area contributed by atoms with E-state index in [4.69, 9.17) is 10.2 Å². The Morgan fingerprint density at radius 2 is 1.81 bits per heavy atom. The van der Waals surface area contributed by atoms with Gasteiger partial charge in [-0.25, -0.2) is 0 Å². The van der Waals surface area contributed by atoms with Gasteiger partial charge in [-0.05, 0) is 0 Å². The van der Waals surface area contributed by atoms with Crippen molar-refractivity contribution in [2.24, 2.45) is 5.41 Å². The summed E-state index contributed by atoms with van der Waals surface area (Å²) < 4.78 is 35.4. The first-order valence-corrected chi connectivity index (χ1v) is 4.28. The number of aliphatic hydroxyl groups is 1. The van der Waals surface area contributed by atoms with Gasteiger partial charge >= 0.3 is 18.1 Å². The van der Waals surface area contributed by atoms with Crippen molar-refractivity contribution in [1.82, 2.24) is 5.32 Å². The minimum absolute atomic E-state index is 0.540. The van der Waals surface area contributed by atoms with E-state index in [9.17, 15) is 22.8 Å². The average Bonchev–Trinajstić information content (AvgIpc) is 2.11. The molecule has 0 fully saturated rings. The van der Waals surface area contributed by atoms with Gasteiger partial charge in [0.15, 0.2) is 0 Å². The average molecular weight is 243 g/mol. The summed E-state index contributed by atoms with van der Waals surface area (Å²) in [5.41, 5.74) is -1.31. The smallest absolute Gasteiger partial charge is 0.471 e. The molecule has 0 aromatic rings. The monoisotopic (exact) mass is 243 g/mol. The second kappa shape index (κ2) is 5.15. The van der Waals surface area contributed by atoms with E-state index in [1.54, 1.807) is 0 Å². The maximum absolute atomic E-state index is 11.8. The number of aliphatic hydroxyl groups excluding tert-OH is 1. The number of halogens is 3. The number of carbonyl (C=O) groups is 2. The molecule has 0 heterocycles. The second-order valence-electron chi connectivity index (χ2n) is 3.72. The van der Waals surface area contributed by atoms with Gasteiger partial charge in [0.2, 0.25) is 0 Å². The molecule has 3 N–H and O–H groups in total. The van der Waals surface area contributed by atoms with Crippen LogP contribution in [0.2, 0.25) is 0 Å². The molecular weight excluding hydrogens is 231 g/mol. The Hall–Kier alpha value is -1.31. The van der Waals surface area contributed by atoms with Gasteiger partial charge < -0.3 is 15.5 Å². The lowest BCUT2D eigenvalue weighted by Gasteiger charge is -2.25. The fraction of sp³-hybridized carbons (Fsp3) is 0.750. The predicted molar refractivity (Wildman–Crippen MR) is 46.5 cm³/mol. The van der Waals surface area contributed by atoms with Crippen molar-refractivity contribution in [2.45, 2.75) is 19.5 Å². The van der Waals surface area contributed by atoms with Gasteiger partial charge in [-0.3, -0.25) is 9.59 Å². The Bertz CT molecular complexity index is 279. The van der Waals surface area contributed by atoms with E-state index in [1.807, 2.05) is 0 Å². The van der Waals surface area contributed by atoms with Gasteiger partial charge in [0.05, 0.1) is 13.0 Å². The fourth-order valence-electron chi connectivity index (χ4n) is 0.933. The van der Waals surface area contributed by atoms with E-state index < -0.39 is 43.0 Å². The molecule has 0 radical (unpaired) electrons. The highest BCUT2D eigenvalue weighted by Crippen LogP contribution is 2.21. The third kappa shape index (κ3) is 4.96. The highest BCUT2D eigenvalue weighted by atomic mass is 19.4. The molecule has 0 bridgehead atoms. The van der Waals surface area contributed by atoms with E-state index in [0.717, 1.165) is 0 Å². The minimum atomic E-state index is -5.01. The molecule has 0 aliphatic carbocycles. The third-order valence-corrected chi connectivity index (χ3v) is 1.89. The third-order valence-electron chi connectivity index (χ3n) is 1.89. The summed E-state index contributed by atoms with van der Waals surface area (Å²) in [4.78, 5) is 20.8. The number of carbonyl (C=O) groups excluding carboxylic acids is 1. The van der Waals surface area contributed by atoms with E-state index >= 15 is 0 Å². The first kappa shape index (κ1) is 14.7. The zero-order valence-corrected chi connectivity index (χ0v) is 8.47.